The van der Waals surface area contributed by atoms with Gasteiger partial charge in [0.25, 0.3) is 5.91 Å². The fraction of sp³-hybridized carbons (Fsp3) is 0.500. The lowest BCUT2D eigenvalue weighted by Gasteiger charge is -2.40. The number of hydrogen-bond donors (Lipinski definition) is 2. The summed E-state index contributed by atoms with van der Waals surface area (Å²) < 4.78 is 5.41. The van der Waals surface area contributed by atoms with Crippen LogP contribution in [0.5, 0.6) is 0 Å². The summed E-state index contributed by atoms with van der Waals surface area (Å²) in [6, 6.07) is 7.92. The van der Waals surface area contributed by atoms with Crippen LogP contribution in [0.1, 0.15) is 29.9 Å². The molecular weight excluding hydrogens is 290 g/mol. The molecule has 0 bridgehead atoms. The lowest BCUT2D eigenvalue weighted by atomic mass is 10.0. The predicted molar refractivity (Wildman–Crippen MR) is 91.8 cm³/mol. The molecule has 5 heteroatoms. The van der Waals surface area contributed by atoms with Crippen molar-refractivity contribution in [3.63, 3.8) is 0 Å². The van der Waals surface area contributed by atoms with Gasteiger partial charge in [-0.05, 0) is 26.8 Å². The summed E-state index contributed by atoms with van der Waals surface area (Å²) in [5.41, 5.74) is 2.58. The molecule has 0 saturated carbocycles. The largest absolute Gasteiger partial charge is 0.379 e. The van der Waals surface area contributed by atoms with Gasteiger partial charge in [0.05, 0.1) is 18.8 Å². The van der Waals surface area contributed by atoms with Gasteiger partial charge in [-0.25, -0.2) is 0 Å². The molecule has 1 aromatic heterocycles. The number of amides is 1. The molecule has 0 radical (unpaired) electrons. The number of nitrogens with zero attached hydrogens (tertiary/aromatic N) is 1. The number of carbonyl (C=O) groups is 1. The van der Waals surface area contributed by atoms with Gasteiger partial charge in [0.2, 0.25) is 0 Å². The first-order chi connectivity index (χ1) is 11.0. The van der Waals surface area contributed by atoms with E-state index in [1.54, 1.807) is 0 Å². The van der Waals surface area contributed by atoms with E-state index < -0.39 is 0 Å². The molecule has 1 aliphatic heterocycles. The Morgan fingerprint density at radius 1 is 1.30 bits per heavy atom. The average Bonchev–Trinajstić information content (AvgIpc) is 2.89. The fourth-order valence-electron chi connectivity index (χ4n) is 3.23. The molecule has 5 nitrogen and oxygen atoms in total. The molecule has 1 saturated heterocycles. The maximum absolute atomic E-state index is 12.7. The smallest absolute Gasteiger partial charge is 0.253 e. The topological polar surface area (TPSA) is 57.4 Å². The second-order valence-electron chi connectivity index (χ2n) is 6.77. The lowest BCUT2D eigenvalue weighted by molar-refractivity contribution is -0.00923. The summed E-state index contributed by atoms with van der Waals surface area (Å²) in [6.07, 6.45) is 0. The van der Waals surface area contributed by atoms with E-state index >= 15 is 0 Å². The molecule has 2 heterocycles. The van der Waals surface area contributed by atoms with Crippen LogP contribution in [0.2, 0.25) is 0 Å². The minimum absolute atomic E-state index is 0.0127. The van der Waals surface area contributed by atoms with Gasteiger partial charge in [-0.15, -0.1) is 0 Å². The van der Waals surface area contributed by atoms with Crippen LogP contribution < -0.4 is 5.32 Å². The van der Waals surface area contributed by atoms with Crippen LogP contribution in [0.4, 0.5) is 0 Å². The molecule has 124 valence electrons. The molecule has 1 fully saturated rings. The van der Waals surface area contributed by atoms with Crippen molar-refractivity contribution in [1.82, 2.24) is 15.2 Å². The molecule has 0 unspecified atom stereocenters. The van der Waals surface area contributed by atoms with Gasteiger partial charge in [-0.1, -0.05) is 18.2 Å². The third kappa shape index (κ3) is 3.26. The highest BCUT2D eigenvalue weighted by Gasteiger charge is 2.29. The molecule has 1 amide bonds. The van der Waals surface area contributed by atoms with Crippen molar-refractivity contribution < 1.29 is 9.53 Å². The Balaban J connectivity index is 1.72. The third-order valence-electron chi connectivity index (χ3n) is 4.67. The van der Waals surface area contributed by atoms with Crippen LogP contribution in [0.15, 0.2) is 24.3 Å². The van der Waals surface area contributed by atoms with Gasteiger partial charge in [0, 0.05) is 41.8 Å². The number of rotatable bonds is 4. The van der Waals surface area contributed by atoms with E-state index in [2.05, 4.69) is 29.0 Å². The quantitative estimate of drug-likeness (QED) is 0.910. The summed E-state index contributed by atoms with van der Waals surface area (Å²) in [7, 11) is 0. The van der Waals surface area contributed by atoms with Crippen molar-refractivity contribution in [2.24, 2.45) is 0 Å². The fourth-order valence-corrected chi connectivity index (χ4v) is 3.23. The first kappa shape index (κ1) is 16.0. The molecule has 0 aliphatic carbocycles. The number of hydrogen-bond acceptors (Lipinski definition) is 3. The van der Waals surface area contributed by atoms with Crippen LogP contribution in [-0.4, -0.2) is 54.2 Å². The number of para-hydroxylation sites is 1. The number of H-pyrrole nitrogens is 1. The SMILES string of the molecule is Cc1[nH]c2ccccc2c1C(=O)NCC(C)(C)N1CCOCC1. The Bertz CT molecular complexity index is 699. The van der Waals surface area contributed by atoms with Gasteiger partial charge >= 0.3 is 0 Å². The summed E-state index contributed by atoms with van der Waals surface area (Å²) in [6.45, 7) is 10.2. The summed E-state index contributed by atoms with van der Waals surface area (Å²) >= 11 is 0. The van der Waals surface area contributed by atoms with E-state index in [-0.39, 0.29) is 11.4 Å². The van der Waals surface area contributed by atoms with Crippen LogP contribution in [0, 0.1) is 6.92 Å². The zero-order chi connectivity index (χ0) is 16.4. The molecular formula is C18H25N3O2. The molecule has 0 atom stereocenters. The van der Waals surface area contributed by atoms with E-state index in [0.717, 1.165) is 48.5 Å². The Labute approximate surface area is 137 Å². The number of morpholine rings is 1. The second kappa shape index (κ2) is 6.34. The number of aryl methyl sites for hydroxylation is 1. The van der Waals surface area contributed by atoms with Gasteiger partial charge in [-0.3, -0.25) is 9.69 Å². The lowest BCUT2D eigenvalue weighted by Crippen LogP contribution is -2.55. The molecule has 2 N–H and O–H groups in total. The van der Waals surface area contributed by atoms with E-state index in [1.807, 2.05) is 31.2 Å². The average molecular weight is 315 g/mol. The monoisotopic (exact) mass is 315 g/mol. The number of ether oxygens (including phenoxy) is 1. The van der Waals surface area contributed by atoms with Crippen LogP contribution in [0.3, 0.4) is 0 Å². The summed E-state index contributed by atoms with van der Waals surface area (Å²) in [5.74, 6) is -0.0127. The maximum Gasteiger partial charge on any atom is 0.253 e. The maximum atomic E-state index is 12.7. The molecule has 1 aliphatic rings. The highest BCUT2D eigenvalue weighted by atomic mass is 16.5. The summed E-state index contributed by atoms with van der Waals surface area (Å²) in [4.78, 5) is 18.4. The van der Waals surface area contributed by atoms with Crippen molar-refractivity contribution in [3.8, 4) is 0 Å². The van der Waals surface area contributed by atoms with E-state index in [1.165, 1.54) is 0 Å². The summed E-state index contributed by atoms with van der Waals surface area (Å²) in [5, 5.41) is 4.09. The number of fused-ring (bicyclic) bond motifs is 1. The van der Waals surface area contributed by atoms with E-state index in [0.29, 0.717) is 6.54 Å². The first-order valence-corrected chi connectivity index (χ1v) is 8.17. The molecule has 1 aromatic carbocycles. The standard InChI is InChI=1S/C18H25N3O2/c1-13-16(14-6-4-5-7-15(14)20-13)17(22)19-12-18(2,3)21-8-10-23-11-9-21/h4-7,20H,8-12H2,1-3H3,(H,19,22). The minimum atomic E-state index is -0.0839. The van der Waals surface area contributed by atoms with Gasteiger partial charge in [-0.2, -0.15) is 0 Å². The van der Waals surface area contributed by atoms with E-state index in [4.69, 9.17) is 4.74 Å². The van der Waals surface area contributed by atoms with Gasteiger partial charge < -0.3 is 15.0 Å². The Morgan fingerprint density at radius 2 is 2.00 bits per heavy atom. The van der Waals surface area contributed by atoms with Crippen molar-refractivity contribution in [2.45, 2.75) is 26.3 Å². The predicted octanol–water partition coefficient (Wildman–Crippen LogP) is 2.32. The first-order valence-electron chi connectivity index (χ1n) is 8.17. The van der Waals surface area contributed by atoms with Crippen molar-refractivity contribution >= 4 is 16.8 Å². The van der Waals surface area contributed by atoms with Gasteiger partial charge in [0.15, 0.2) is 0 Å². The molecule has 0 spiro atoms. The number of aromatic amines is 1. The molecule has 23 heavy (non-hydrogen) atoms. The van der Waals surface area contributed by atoms with Crippen LogP contribution in [0.25, 0.3) is 10.9 Å². The van der Waals surface area contributed by atoms with Gasteiger partial charge in [0.1, 0.15) is 0 Å². The second-order valence-corrected chi connectivity index (χ2v) is 6.77. The highest BCUT2D eigenvalue weighted by molar-refractivity contribution is 6.08. The van der Waals surface area contributed by atoms with E-state index in [9.17, 15) is 4.79 Å². The molecule has 3 rings (SSSR count). The highest BCUT2D eigenvalue weighted by Crippen LogP contribution is 2.22. The Morgan fingerprint density at radius 3 is 2.74 bits per heavy atom. The Hall–Kier alpha value is -1.85. The number of nitrogens with one attached hydrogen (secondary N) is 2. The van der Waals surface area contributed by atoms with Crippen LogP contribution in [-0.2, 0) is 4.74 Å². The third-order valence-corrected chi connectivity index (χ3v) is 4.67. The van der Waals surface area contributed by atoms with Crippen LogP contribution >= 0.6 is 0 Å². The zero-order valence-corrected chi connectivity index (χ0v) is 14.1. The number of aromatic nitrogens is 1. The van der Waals surface area contributed by atoms with Crippen molar-refractivity contribution in [3.05, 3.63) is 35.5 Å². The molecule has 2 aromatic rings. The normalized spacial score (nSPS) is 16.7. The Kier molecular flexibility index (Phi) is 4.41. The number of carbonyl (C=O) groups excluding carboxylic acids is 1. The zero-order valence-electron chi connectivity index (χ0n) is 14.1. The number of benzene rings is 1. The minimum Gasteiger partial charge on any atom is -0.379 e. The van der Waals surface area contributed by atoms with Crippen molar-refractivity contribution in [1.29, 1.82) is 0 Å². The van der Waals surface area contributed by atoms with Crippen molar-refractivity contribution in [2.75, 3.05) is 32.8 Å².